The number of piperazine rings is 1. The Morgan fingerprint density at radius 3 is 2.88 bits per heavy atom. The van der Waals surface area contributed by atoms with Crippen LogP contribution in [0.5, 0.6) is 5.75 Å². The topological polar surface area (TPSA) is 68.1 Å². The van der Waals surface area contributed by atoms with E-state index in [4.69, 9.17) is 5.26 Å². The van der Waals surface area contributed by atoms with Crippen LogP contribution in [0.4, 0.5) is 4.39 Å². The Labute approximate surface area is 92.7 Å². The van der Waals surface area contributed by atoms with Crippen molar-refractivity contribution in [1.29, 1.82) is 5.26 Å². The van der Waals surface area contributed by atoms with Crippen molar-refractivity contribution in [2.75, 3.05) is 19.6 Å². The van der Waals surface area contributed by atoms with Crippen LogP contribution in [0, 0.1) is 17.1 Å². The first-order valence-corrected chi connectivity index (χ1v) is 5.09. The maximum Gasteiger partial charge on any atom is 0.166 e. The fourth-order valence-corrected chi connectivity index (χ4v) is 1.82. The molecular formula is C11H12FN3O. The Bertz CT molecular complexity index is 436. The number of nitrogens with one attached hydrogen (secondary N) is 2. The van der Waals surface area contributed by atoms with Gasteiger partial charge in [0.2, 0.25) is 0 Å². The highest BCUT2D eigenvalue weighted by molar-refractivity contribution is 5.44. The Morgan fingerprint density at radius 1 is 1.44 bits per heavy atom. The second-order valence-electron chi connectivity index (χ2n) is 3.72. The molecule has 0 saturated carbocycles. The zero-order chi connectivity index (χ0) is 11.5. The van der Waals surface area contributed by atoms with Gasteiger partial charge in [-0.05, 0) is 12.1 Å². The Kier molecular flexibility index (Phi) is 3.04. The van der Waals surface area contributed by atoms with Gasteiger partial charge in [0.25, 0.3) is 0 Å². The summed E-state index contributed by atoms with van der Waals surface area (Å²) in [5.41, 5.74) is 0.654. The molecular weight excluding hydrogens is 209 g/mol. The molecule has 1 saturated heterocycles. The number of halogens is 1. The average Bonchev–Trinajstić information content (AvgIpc) is 2.33. The molecule has 1 aromatic rings. The van der Waals surface area contributed by atoms with Gasteiger partial charge >= 0.3 is 0 Å². The van der Waals surface area contributed by atoms with Gasteiger partial charge in [-0.25, -0.2) is 4.39 Å². The molecule has 1 atom stereocenters. The van der Waals surface area contributed by atoms with Crippen LogP contribution >= 0.6 is 0 Å². The minimum atomic E-state index is -0.749. The molecule has 4 nitrogen and oxygen atoms in total. The van der Waals surface area contributed by atoms with Crippen LogP contribution in [-0.4, -0.2) is 24.7 Å². The maximum absolute atomic E-state index is 13.3. The van der Waals surface area contributed by atoms with Gasteiger partial charge in [-0.2, -0.15) is 5.26 Å². The van der Waals surface area contributed by atoms with E-state index in [1.54, 1.807) is 0 Å². The molecule has 3 N–H and O–H groups in total. The number of phenols is 1. The average molecular weight is 221 g/mol. The SMILES string of the molecule is N#Cc1cc(F)c(O)c([C@@H]2CNCCN2)c1. The van der Waals surface area contributed by atoms with Gasteiger partial charge in [-0.15, -0.1) is 0 Å². The zero-order valence-corrected chi connectivity index (χ0v) is 8.63. The third-order valence-electron chi connectivity index (χ3n) is 2.64. The Hall–Kier alpha value is -1.64. The molecule has 16 heavy (non-hydrogen) atoms. The molecule has 0 unspecified atom stereocenters. The molecule has 1 aliphatic heterocycles. The summed E-state index contributed by atoms with van der Waals surface area (Å²) >= 11 is 0. The summed E-state index contributed by atoms with van der Waals surface area (Å²) in [5.74, 6) is -1.12. The highest BCUT2D eigenvalue weighted by Gasteiger charge is 2.20. The monoisotopic (exact) mass is 221 g/mol. The van der Waals surface area contributed by atoms with Crippen molar-refractivity contribution in [3.8, 4) is 11.8 Å². The minimum Gasteiger partial charge on any atom is -0.505 e. The smallest absolute Gasteiger partial charge is 0.166 e. The number of nitriles is 1. The predicted molar refractivity (Wildman–Crippen MR) is 56.4 cm³/mol. The lowest BCUT2D eigenvalue weighted by molar-refractivity contribution is 0.387. The highest BCUT2D eigenvalue weighted by atomic mass is 19.1. The summed E-state index contributed by atoms with van der Waals surface area (Å²) in [4.78, 5) is 0. The van der Waals surface area contributed by atoms with E-state index in [1.165, 1.54) is 6.07 Å². The van der Waals surface area contributed by atoms with E-state index >= 15 is 0 Å². The number of nitrogens with zero attached hydrogens (tertiary/aromatic N) is 1. The van der Waals surface area contributed by atoms with Crippen LogP contribution in [0.2, 0.25) is 0 Å². The summed E-state index contributed by atoms with van der Waals surface area (Å²) in [6.45, 7) is 2.21. The molecule has 0 bridgehead atoms. The van der Waals surface area contributed by atoms with Crippen molar-refractivity contribution in [2.24, 2.45) is 0 Å². The molecule has 2 rings (SSSR count). The van der Waals surface area contributed by atoms with Gasteiger partial charge in [0.05, 0.1) is 11.6 Å². The molecule has 0 aromatic heterocycles. The van der Waals surface area contributed by atoms with Crippen LogP contribution in [0.1, 0.15) is 17.2 Å². The third kappa shape index (κ3) is 1.98. The van der Waals surface area contributed by atoms with E-state index in [0.717, 1.165) is 19.2 Å². The third-order valence-corrected chi connectivity index (χ3v) is 2.64. The van der Waals surface area contributed by atoms with Crippen molar-refractivity contribution in [2.45, 2.75) is 6.04 Å². The Morgan fingerprint density at radius 2 is 2.25 bits per heavy atom. The highest BCUT2D eigenvalue weighted by Crippen LogP contribution is 2.28. The molecule has 0 spiro atoms. The van der Waals surface area contributed by atoms with Gasteiger partial charge < -0.3 is 15.7 Å². The first kappa shape index (κ1) is 10.9. The number of phenolic OH excluding ortho intramolecular Hbond substituents is 1. The first-order valence-electron chi connectivity index (χ1n) is 5.09. The van der Waals surface area contributed by atoms with E-state index < -0.39 is 5.82 Å². The fourth-order valence-electron chi connectivity index (χ4n) is 1.82. The van der Waals surface area contributed by atoms with Crippen LogP contribution in [0.25, 0.3) is 0 Å². The number of hydrogen-bond acceptors (Lipinski definition) is 4. The van der Waals surface area contributed by atoms with Gasteiger partial charge in [-0.3, -0.25) is 0 Å². The normalized spacial score (nSPS) is 20.4. The van der Waals surface area contributed by atoms with Crippen molar-refractivity contribution >= 4 is 0 Å². The molecule has 0 radical (unpaired) electrons. The predicted octanol–water partition coefficient (Wildman–Crippen LogP) is 0.637. The molecule has 1 aromatic carbocycles. The van der Waals surface area contributed by atoms with E-state index in [0.29, 0.717) is 12.1 Å². The summed E-state index contributed by atoms with van der Waals surface area (Å²) in [6.07, 6.45) is 0. The van der Waals surface area contributed by atoms with E-state index in [9.17, 15) is 9.50 Å². The van der Waals surface area contributed by atoms with Crippen LogP contribution in [0.3, 0.4) is 0 Å². The van der Waals surface area contributed by atoms with Gasteiger partial charge in [0, 0.05) is 31.2 Å². The summed E-state index contributed by atoms with van der Waals surface area (Å²) in [5, 5.41) is 24.7. The lowest BCUT2D eigenvalue weighted by atomic mass is 10.0. The first-order chi connectivity index (χ1) is 7.72. The van der Waals surface area contributed by atoms with Crippen molar-refractivity contribution in [3.63, 3.8) is 0 Å². The second kappa shape index (κ2) is 4.47. The number of aromatic hydroxyl groups is 1. The molecule has 1 heterocycles. The molecule has 84 valence electrons. The number of rotatable bonds is 1. The zero-order valence-electron chi connectivity index (χ0n) is 8.63. The number of benzene rings is 1. The second-order valence-corrected chi connectivity index (χ2v) is 3.72. The Balaban J connectivity index is 2.38. The summed E-state index contributed by atoms with van der Waals surface area (Å²) in [6, 6.07) is 4.27. The maximum atomic E-state index is 13.3. The van der Waals surface area contributed by atoms with Crippen LogP contribution < -0.4 is 10.6 Å². The van der Waals surface area contributed by atoms with E-state index in [-0.39, 0.29) is 17.4 Å². The lowest BCUT2D eigenvalue weighted by Crippen LogP contribution is -2.42. The van der Waals surface area contributed by atoms with Crippen molar-refractivity contribution in [1.82, 2.24) is 10.6 Å². The fraction of sp³-hybridized carbons (Fsp3) is 0.364. The minimum absolute atomic E-state index is 0.156. The van der Waals surface area contributed by atoms with Gasteiger partial charge in [-0.1, -0.05) is 0 Å². The van der Waals surface area contributed by atoms with Crippen LogP contribution in [0.15, 0.2) is 12.1 Å². The molecule has 0 amide bonds. The molecule has 0 aliphatic carbocycles. The van der Waals surface area contributed by atoms with E-state index in [1.807, 2.05) is 6.07 Å². The number of hydrogen-bond donors (Lipinski definition) is 3. The van der Waals surface area contributed by atoms with Crippen molar-refractivity contribution in [3.05, 3.63) is 29.1 Å². The molecule has 1 aliphatic rings. The van der Waals surface area contributed by atoms with Crippen molar-refractivity contribution < 1.29 is 9.50 Å². The lowest BCUT2D eigenvalue weighted by Gasteiger charge is -2.25. The summed E-state index contributed by atoms with van der Waals surface area (Å²) in [7, 11) is 0. The molecule has 5 heteroatoms. The molecule has 1 fully saturated rings. The summed E-state index contributed by atoms with van der Waals surface area (Å²) < 4.78 is 13.3. The standard InChI is InChI=1S/C11H12FN3O/c12-9-4-7(5-13)3-8(11(9)16)10-6-14-1-2-15-10/h3-4,10,14-16H,1-2,6H2/t10-/m0/s1. The van der Waals surface area contributed by atoms with E-state index in [2.05, 4.69) is 10.6 Å². The van der Waals surface area contributed by atoms with Gasteiger partial charge in [0.1, 0.15) is 0 Å². The van der Waals surface area contributed by atoms with Gasteiger partial charge in [0.15, 0.2) is 11.6 Å². The van der Waals surface area contributed by atoms with Crippen LogP contribution in [-0.2, 0) is 0 Å². The largest absolute Gasteiger partial charge is 0.505 e. The quantitative estimate of drug-likeness (QED) is 0.651.